The highest BCUT2D eigenvalue weighted by atomic mass is 16.4. The van der Waals surface area contributed by atoms with Gasteiger partial charge in [-0.2, -0.15) is 0 Å². The van der Waals surface area contributed by atoms with Crippen molar-refractivity contribution in [2.45, 2.75) is 87.6 Å². The topological polar surface area (TPSA) is 68.0 Å². The summed E-state index contributed by atoms with van der Waals surface area (Å²) in [4.78, 5) is 20.8. The van der Waals surface area contributed by atoms with Crippen LogP contribution in [-0.4, -0.2) is 25.6 Å². The van der Waals surface area contributed by atoms with Crippen LogP contribution in [0.15, 0.2) is 55.3 Å². The standard InChI is InChI=1S/C25H29N3O2.3C2H6/c1-4-10-22-27-23-18(3)15-16-26-24(23)28(22)17-19(5-2)11-6-7-12-20-13-8-9-14-21(20)25(29)30;3*1-2/h5,7-9,12-16,19H,2,4,6,10-11,17H2,1,3H3,(H,29,30);3*1-2H3/b12-7+;;;. The van der Waals surface area contributed by atoms with Gasteiger partial charge in [-0.25, -0.2) is 14.8 Å². The predicted molar refractivity (Wildman–Crippen MR) is 156 cm³/mol. The van der Waals surface area contributed by atoms with E-state index in [1.165, 1.54) is 0 Å². The lowest BCUT2D eigenvalue weighted by Crippen LogP contribution is -2.12. The molecule has 5 heteroatoms. The Balaban J connectivity index is 0.00000190. The molecule has 2 heterocycles. The maximum Gasteiger partial charge on any atom is 0.336 e. The average Bonchev–Trinajstić information content (AvgIpc) is 3.27. The van der Waals surface area contributed by atoms with Gasteiger partial charge in [0.1, 0.15) is 11.3 Å². The molecule has 0 amide bonds. The Labute approximate surface area is 219 Å². The number of imidazole rings is 1. The second-order valence-electron chi connectivity index (χ2n) is 7.56. The molecule has 0 fully saturated rings. The maximum atomic E-state index is 11.3. The van der Waals surface area contributed by atoms with Crippen molar-refractivity contribution >= 4 is 23.2 Å². The predicted octanol–water partition coefficient (Wildman–Crippen LogP) is 8.76. The van der Waals surface area contributed by atoms with Gasteiger partial charge in [0.25, 0.3) is 0 Å². The van der Waals surface area contributed by atoms with Crippen molar-refractivity contribution in [1.82, 2.24) is 14.5 Å². The van der Waals surface area contributed by atoms with Crippen LogP contribution in [0.1, 0.15) is 95.0 Å². The molecule has 2 aromatic heterocycles. The van der Waals surface area contributed by atoms with Crippen molar-refractivity contribution < 1.29 is 9.90 Å². The molecule has 0 radical (unpaired) electrons. The Kier molecular flexibility index (Phi) is 17.3. The molecule has 36 heavy (non-hydrogen) atoms. The van der Waals surface area contributed by atoms with Crippen LogP contribution in [0.3, 0.4) is 0 Å². The van der Waals surface area contributed by atoms with E-state index in [-0.39, 0.29) is 5.92 Å². The summed E-state index contributed by atoms with van der Waals surface area (Å²) in [7, 11) is 0. The Hall–Kier alpha value is -3.21. The molecule has 1 aromatic carbocycles. The molecule has 0 bridgehead atoms. The van der Waals surface area contributed by atoms with Gasteiger partial charge in [-0.1, -0.05) is 84.9 Å². The fraction of sp³-hybridized carbons (Fsp3) is 0.452. The number of hydrogen-bond donors (Lipinski definition) is 1. The van der Waals surface area contributed by atoms with Gasteiger partial charge in [0.05, 0.1) is 5.56 Å². The molecular formula is C31H47N3O2. The summed E-state index contributed by atoms with van der Waals surface area (Å²) in [6, 6.07) is 9.05. The van der Waals surface area contributed by atoms with E-state index in [0.717, 1.165) is 60.3 Å². The molecule has 0 spiro atoms. The van der Waals surface area contributed by atoms with Crippen molar-refractivity contribution in [3.05, 3.63) is 77.8 Å². The van der Waals surface area contributed by atoms with Crippen molar-refractivity contribution in [3.8, 4) is 0 Å². The number of benzene rings is 1. The molecule has 0 aliphatic heterocycles. The minimum atomic E-state index is -0.905. The first-order valence-corrected chi connectivity index (χ1v) is 13.5. The number of pyridine rings is 1. The fourth-order valence-corrected chi connectivity index (χ4v) is 3.67. The summed E-state index contributed by atoms with van der Waals surface area (Å²) >= 11 is 0. The molecular weight excluding hydrogens is 446 g/mol. The molecule has 3 rings (SSSR count). The highest BCUT2D eigenvalue weighted by Crippen LogP contribution is 2.22. The fourth-order valence-electron chi connectivity index (χ4n) is 3.67. The smallest absolute Gasteiger partial charge is 0.336 e. The van der Waals surface area contributed by atoms with E-state index in [4.69, 9.17) is 4.98 Å². The Morgan fingerprint density at radius 2 is 1.78 bits per heavy atom. The first-order valence-electron chi connectivity index (χ1n) is 13.5. The summed E-state index contributed by atoms with van der Waals surface area (Å²) in [6.07, 6.45) is 11.5. The van der Waals surface area contributed by atoms with Gasteiger partial charge in [-0.15, -0.1) is 6.58 Å². The number of carboxylic acid groups (broad SMARTS) is 1. The van der Waals surface area contributed by atoms with E-state index in [9.17, 15) is 9.90 Å². The van der Waals surface area contributed by atoms with Crippen LogP contribution in [0, 0.1) is 12.8 Å². The van der Waals surface area contributed by atoms with Crippen LogP contribution in [0.4, 0.5) is 0 Å². The lowest BCUT2D eigenvalue weighted by atomic mass is 10.0. The Morgan fingerprint density at radius 1 is 1.11 bits per heavy atom. The highest BCUT2D eigenvalue weighted by molar-refractivity contribution is 5.92. The van der Waals surface area contributed by atoms with Crippen molar-refractivity contribution in [2.24, 2.45) is 5.92 Å². The molecule has 1 N–H and O–H groups in total. The molecule has 0 saturated carbocycles. The van der Waals surface area contributed by atoms with Gasteiger partial charge in [0, 0.05) is 19.2 Å². The van der Waals surface area contributed by atoms with Crippen molar-refractivity contribution in [1.29, 1.82) is 0 Å². The quantitative estimate of drug-likeness (QED) is 0.287. The van der Waals surface area contributed by atoms with E-state index in [1.54, 1.807) is 12.1 Å². The molecule has 5 nitrogen and oxygen atoms in total. The van der Waals surface area contributed by atoms with Crippen LogP contribution in [0.5, 0.6) is 0 Å². The van der Waals surface area contributed by atoms with E-state index in [2.05, 4.69) is 30.0 Å². The largest absolute Gasteiger partial charge is 0.478 e. The SMILES string of the molecule is C=CC(CC/C=C/c1ccccc1C(=O)O)Cn1c(CCC)nc2c(C)ccnc21.CC.CC.CC. The zero-order chi connectivity index (χ0) is 27.5. The van der Waals surface area contributed by atoms with Crippen molar-refractivity contribution in [2.75, 3.05) is 0 Å². The second-order valence-corrected chi connectivity index (χ2v) is 7.56. The zero-order valence-corrected chi connectivity index (χ0v) is 23.7. The van der Waals surface area contributed by atoms with Gasteiger partial charge < -0.3 is 9.67 Å². The van der Waals surface area contributed by atoms with E-state index in [1.807, 2.05) is 84.2 Å². The van der Waals surface area contributed by atoms with Gasteiger partial charge in [-0.05, 0) is 55.4 Å². The number of aromatic nitrogens is 3. The molecule has 1 atom stereocenters. The number of carbonyl (C=O) groups is 1. The lowest BCUT2D eigenvalue weighted by molar-refractivity contribution is 0.0696. The molecule has 0 saturated heterocycles. The summed E-state index contributed by atoms with van der Waals surface area (Å²) in [5.74, 6) is 0.448. The molecule has 3 aromatic rings. The molecule has 198 valence electrons. The number of aryl methyl sites for hydroxylation is 2. The number of allylic oxidation sites excluding steroid dienone is 2. The maximum absolute atomic E-state index is 11.3. The molecule has 1 unspecified atom stereocenters. The first kappa shape index (κ1) is 32.8. The minimum absolute atomic E-state index is 0.277. The zero-order valence-electron chi connectivity index (χ0n) is 23.7. The second kappa shape index (κ2) is 19.0. The third-order valence-electron chi connectivity index (χ3n) is 5.33. The van der Waals surface area contributed by atoms with Gasteiger partial charge in [-0.3, -0.25) is 0 Å². The molecule has 0 aliphatic carbocycles. The van der Waals surface area contributed by atoms with Crippen molar-refractivity contribution in [3.63, 3.8) is 0 Å². The highest BCUT2D eigenvalue weighted by Gasteiger charge is 2.15. The number of aromatic carboxylic acids is 1. The van der Waals surface area contributed by atoms with Gasteiger partial charge >= 0.3 is 5.97 Å². The number of hydrogen-bond acceptors (Lipinski definition) is 3. The summed E-state index contributed by atoms with van der Waals surface area (Å²) in [6.45, 7) is 21.1. The monoisotopic (exact) mass is 493 g/mol. The average molecular weight is 494 g/mol. The first-order chi connectivity index (χ1) is 17.5. The van der Waals surface area contributed by atoms with Crippen LogP contribution in [0.2, 0.25) is 0 Å². The summed E-state index contributed by atoms with van der Waals surface area (Å²) < 4.78 is 2.24. The molecule has 0 aliphatic rings. The van der Waals surface area contributed by atoms with E-state index in [0.29, 0.717) is 5.56 Å². The number of nitrogens with zero attached hydrogens (tertiary/aromatic N) is 3. The summed E-state index contributed by atoms with van der Waals surface area (Å²) in [5, 5.41) is 9.31. The van der Waals surface area contributed by atoms with Gasteiger partial charge in [0.15, 0.2) is 5.65 Å². The minimum Gasteiger partial charge on any atom is -0.478 e. The van der Waals surface area contributed by atoms with Crippen LogP contribution in [0.25, 0.3) is 17.2 Å². The Morgan fingerprint density at radius 3 is 2.39 bits per heavy atom. The van der Waals surface area contributed by atoms with E-state index >= 15 is 0 Å². The van der Waals surface area contributed by atoms with E-state index < -0.39 is 5.97 Å². The van der Waals surface area contributed by atoms with Crippen LogP contribution in [-0.2, 0) is 13.0 Å². The Bertz CT molecular complexity index is 1070. The van der Waals surface area contributed by atoms with Gasteiger partial charge in [0.2, 0.25) is 0 Å². The number of fused-ring (bicyclic) bond motifs is 1. The normalized spacial score (nSPS) is 10.9. The van der Waals surface area contributed by atoms with Crippen LogP contribution < -0.4 is 0 Å². The third-order valence-corrected chi connectivity index (χ3v) is 5.33. The summed E-state index contributed by atoms with van der Waals surface area (Å²) in [5.41, 5.74) is 4.12. The third kappa shape index (κ3) is 9.44. The lowest BCUT2D eigenvalue weighted by Gasteiger charge is -2.15. The van der Waals surface area contributed by atoms with Crippen LogP contribution >= 0.6 is 0 Å². The number of rotatable bonds is 10. The number of carboxylic acids is 1.